The van der Waals surface area contributed by atoms with Crippen molar-refractivity contribution in [2.75, 3.05) is 46.4 Å². The lowest BCUT2D eigenvalue weighted by molar-refractivity contribution is -0.146. The number of benzene rings is 1. The van der Waals surface area contributed by atoms with Crippen LogP contribution in [0.4, 0.5) is 0 Å². The van der Waals surface area contributed by atoms with Crippen molar-refractivity contribution in [3.8, 4) is 5.75 Å². The molecule has 0 N–H and O–H groups in total. The minimum absolute atomic E-state index is 0.0338. The summed E-state index contributed by atoms with van der Waals surface area (Å²) in [6.07, 6.45) is 1.90. The summed E-state index contributed by atoms with van der Waals surface area (Å²) in [7, 11) is 1.37. The number of carbonyl (C=O) groups is 2. The van der Waals surface area contributed by atoms with E-state index in [1.54, 1.807) is 11.8 Å². The lowest BCUT2D eigenvalue weighted by atomic mass is 10.1. The molecule has 0 fully saturated rings. The predicted molar refractivity (Wildman–Crippen MR) is 107 cm³/mol. The number of ether oxygens (including phenoxy) is 2. The summed E-state index contributed by atoms with van der Waals surface area (Å²) in [5.74, 6) is -0.121. The van der Waals surface area contributed by atoms with Crippen molar-refractivity contribution in [2.24, 2.45) is 5.92 Å². The second-order valence-electron chi connectivity index (χ2n) is 6.60. The Hall–Kier alpha value is -2.08. The van der Waals surface area contributed by atoms with Crippen LogP contribution in [0.3, 0.4) is 0 Å². The quantitative estimate of drug-likeness (QED) is 0.390. The molecule has 6 nitrogen and oxygen atoms in total. The molecular formula is C21H34N2O4. The molecule has 1 unspecified atom stereocenters. The molecule has 0 saturated carbocycles. The third-order valence-corrected chi connectivity index (χ3v) is 4.60. The summed E-state index contributed by atoms with van der Waals surface area (Å²) in [6.45, 7) is 10.1. The zero-order valence-electron chi connectivity index (χ0n) is 17.1. The van der Waals surface area contributed by atoms with Crippen LogP contribution < -0.4 is 4.74 Å². The maximum atomic E-state index is 12.6. The van der Waals surface area contributed by atoms with Crippen LogP contribution in [0.1, 0.15) is 33.6 Å². The van der Waals surface area contributed by atoms with Gasteiger partial charge in [0, 0.05) is 13.1 Å². The molecule has 0 aromatic heterocycles. The summed E-state index contributed by atoms with van der Waals surface area (Å²) in [5.41, 5.74) is 0. The Balaban J connectivity index is 2.57. The van der Waals surface area contributed by atoms with Gasteiger partial charge in [0.15, 0.2) is 6.61 Å². The zero-order chi connectivity index (χ0) is 20.1. The van der Waals surface area contributed by atoms with Gasteiger partial charge < -0.3 is 19.3 Å². The maximum absolute atomic E-state index is 12.6. The first-order chi connectivity index (χ1) is 13.0. The van der Waals surface area contributed by atoms with Crippen molar-refractivity contribution < 1.29 is 19.1 Å². The van der Waals surface area contributed by atoms with E-state index >= 15 is 0 Å². The number of nitrogens with zero attached hydrogens (tertiary/aromatic N) is 2. The summed E-state index contributed by atoms with van der Waals surface area (Å²) in [4.78, 5) is 28.5. The minimum Gasteiger partial charge on any atom is -0.484 e. The average molecular weight is 379 g/mol. The molecule has 0 aliphatic carbocycles. The lowest BCUT2D eigenvalue weighted by Crippen LogP contribution is -2.40. The molecule has 0 heterocycles. The molecular weight excluding hydrogens is 344 g/mol. The smallest absolute Gasteiger partial charge is 0.310 e. The predicted octanol–water partition coefficient (Wildman–Crippen LogP) is 2.83. The van der Waals surface area contributed by atoms with Gasteiger partial charge in [0.1, 0.15) is 5.75 Å². The molecule has 1 rings (SSSR count). The molecule has 152 valence electrons. The molecule has 0 saturated heterocycles. The van der Waals surface area contributed by atoms with Crippen molar-refractivity contribution in [1.82, 2.24) is 9.80 Å². The zero-order valence-corrected chi connectivity index (χ0v) is 17.1. The number of para-hydroxylation sites is 1. The fourth-order valence-corrected chi connectivity index (χ4v) is 2.86. The van der Waals surface area contributed by atoms with E-state index in [0.717, 1.165) is 32.5 Å². The first-order valence-corrected chi connectivity index (χ1v) is 9.77. The fraction of sp³-hybridized carbons (Fsp3) is 0.619. The highest BCUT2D eigenvalue weighted by Crippen LogP contribution is 2.10. The van der Waals surface area contributed by atoms with Gasteiger partial charge in [0.2, 0.25) is 0 Å². The number of carbonyl (C=O) groups excluding carboxylic acids is 2. The van der Waals surface area contributed by atoms with Crippen LogP contribution in [0.5, 0.6) is 5.75 Å². The van der Waals surface area contributed by atoms with E-state index in [9.17, 15) is 9.59 Å². The molecule has 27 heavy (non-hydrogen) atoms. The van der Waals surface area contributed by atoms with E-state index in [4.69, 9.17) is 9.47 Å². The Bertz CT molecular complexity index is 546. The van der Waals surface area contributed by atoms with Gasteiger partial charge in [-0.05, 0) is 44.6 Å². The van der Waals surface area contributed by atoms with Crippen LogP contribution in [0.25, 0.3) is 0 Å². The number of unbranched alkanes of at least 4 members (excludes halogenated alkanes) is 1. The molecule has 1 amide bonds. The Kier molecular flexibility index (Phi) is 11.2. The number of hydrogen-bond acceptors (Lipinski definition) is 5. The van der Waals surface area contributed by atoms with Crippen LogP contribution in [0, 0.1) is 5.92 Å². The topological polar surface area (TPSA) is 59.1 Å². The van der Waals surface area contributed by atoms with E-state index in [1.165, 1.54) is 7.11 Å². The number of hydrogen-bond donors (Lipinski definition) is 0. The molecule has 6 heteroatoms. The van der Waals surface area contributed by atoms with Crippen LogP contribution in [0.2, 0.25) is 0 Å². The number of esters is 1. The third-order valence-electron chi connectivity index (χ3n) is 4.60. The van der Waals surface area contributed by atoms with Crippen molar-refractivity contribution in [2.45, 2.75) is 33.6 Å². The standard InChI is InChI=1S/C21H34N2O4/c1-5-22(6-2)14-10-11-15-23(16-18(3)21(25)26-4)20(24)17-27-19-12-8-7-9-13-19/h7-9,12-13,18H,5-6,10-11,14-17H2,1-4H3. The second-order valence-corrected chi connectivity index (χ2v) is 6.60. The number of rotatable bonds is 13. The molecule has 1 aromatic rings. The molecule has 0 spiro atoms. The molecule has 0 radical (unpaired) electrons. The molecule has 0 aliphatic heterocycles. The van der Waals surface area contributed by atoms with Gasteiger partial charge in [0.25, 0.3) is 5.91 Å². The SMILES string of the molecule is CCN(CC)CCCCN(CC(C)C(=O)OC)C(=O)COc1ccccc1. The van der Waals surface area contributed by atoms with Crippen LogP contribution in [-0.2, 0) is 14.3 Å². The van der Waals surface area contributed by atoms with Crippen molar-refractivity contribution in [3.63, 3.8) is 0 Å². The summed E-state index contributed by atoms with van der Waals surface area (Å²) >= 11 is 0. The van der Waals surface area contributed by atoms with Crippen molar-refractivity contribution in [3.05, 3.63) is 30.3 Å². The largest absolute Gasteiger partial charge is 0.484 e. The van der Waals surface area contributed by atoms with E-state index < -0.39 is 0 Å². The fourth-order valence-electron chi connectivity index (χ4n) is 2.86. The number of methoxy groups -OCH3 is 1. The van der Waals surface area contributed by atoms with Crippen LogP contribution >= 0.6 is 0 Å². The van der Waals surface area contributed by atoms with Gasteiger partial charge in [0.05, 0.1) is 13.0 Å². The summed E-state index contributed by atoms with van der Waals surface area (Å²) < 4.78 is 10.4. The van der Waals surface area contributed by atoms with Crippen molar-refractivity contribution in [1.29, 1.82) is 0 Å². The van der Waals surface area contributed by atoms with E-state index in [-0.39, 0.29) is 24.4 Å². The van der Waals surface area contributed by atoms with Crippen LogP contribution in [-0.4, -0.2) is 68.1 Å². The van der Waals surface area contributed by atoms with Gasteiger partial charge in [-0.2, -0.15) is 0 Å². The Morgan fingerprint density at radius 2 is 1.67 bits per heavy atom. The highest BCUT2D eigenvalue weighted by molar-refractivity contribution is 5.79. The van der Waals surface area contributed by atoms with Crippen molar-refractivity contribution >= 4 is 11.9 Å². The third kappa shape index (κ3) is 8.91. The Labute approximate surface area is 163 Å². The normalized spacial score (nSPS) is 11.9. The van der Waals surface area contributed by atoms with Gasteiger partial charge in [-0.3, -0.25) is 9.59 Å². The number of amides is 1. The average Bonchev–Trinajstić information content (AvgIpc) is 2.71. The highest BCUT2D eigenvalue weighted by atomic mass is 16.5. The minimum atomic E-state index is -0.363. The molecule has 0 bridgehead atoms. The van der Waals surface area contributed by atoms with Gasteiger partial charge in [-0.25, -0.2) is 0 Å². The maximum Gasteiger partial charge on any atom is 0.310 e. The molecule has 1 aromatic carbocycles. The lowest BCUT2D eigenvalue weighted by Gasteiger charge is -2.26. The van der Waals surface area contributed by atoms with E-state index in [2.05, 4.69) is 18.7 Å². The van der Waals surface area contributed by atoms with Crippen LogP contribution in [0.15, 0.2) is 30.3 Å². The highest BCUT2D eigenvalue weighted by Gasteiger charge is 2.21. The van der Waals surface area contributed by atoms with Gasteiger partial charge >= 0.3 is 5.97 Å². The summed E-state index contributed by atoms with van der Waals surface area (Å²) in [5, 5.41) is 0. The second kappa shape index (κ2) is 13.1. The first kappa shape index (κ1) is 23.0. The van der Waals surface area contributed by atoms with E-state index in [0.29, 0.717) is 18.8 Å². The van der Waals surface area contributed by atoms with E-state index in [1.807, 2.05) is 30.3 Å². The van der Waals surface area contributed by atoms with Gasteiger partial charge in [-0.1, -0.05) is 39.0 Å². The summed E-state index contributed by atoms with van der Waals surface area (Å²) in [6, 6.07) is 9.26. The van der Waals surface area contributed by atoms with Gasteiger partial charge in [-0.15, -0.1) is 0 Å². The monoisotopic (exact) mass is 378 g/mol. The molecule has 1 atom stereocenters. The Morgan fingerprint density at radius 3 is 2.26 bits per heavy atom. The Morgan fingerprint density at radius 1 is 1.04 bits per heavy atom. The molecule has 0 aliphatic rings. The first-order valence-electron chi connectivity index (χ1n) is 9.77.